The zero-order chi connectivity index (χ0) is 22.6. The lowest BCUT2D eigenvalue weighted by Crippen LogP contribution is -2.26. The van der Waals surface area contributed by atoms with E-state index >= 15 is 0 Å². The van der Waals surface area contributed by atoms with Gasteiger partial charge in [0.05, 0.1) is 12.0 Å². The number of hydrogen-bond acceptors (Lipinski definition) is 7. The van der Waals surface area contributed by atoms with E-state index in [1.54, 1.807) is 23.8 Å². The number of halogens is 1. The number of nitrogens with one attached hydrogen (secondary N) is 2. The molecule has 0 bridgehead atoms. The minimum absolute atomic E-state index is 0.00838. The van der Waals surface area contributed by atoms with E-state index in [1.807, 2.05) is 24.3 Å². The van der Waals surface area contributed by atoms with E-state index in [2.05, 4.69) is 25.3 Å². The van der Waals surface area contributed by atoms with Gasteiger partial charge in [-0.25, -0.2) is 17.5 Å². The van der Waals surface area contributed by atoms with Crippen molar-refractivity contribution in [3.05, 3.63) is 77.9 Å². The van der Waals surface area contributed by atoms with E-state index in [1.165, 1.54) is 12.1 Å². The van der Waals surface area contributed by atoms with Crippen LogP contribution in [0.2, 0.25) is 0 Å². The summed E-state index contributed by atoms with van der Waals surface area (Å²) in [6.45, 7) is 0.596. The Hall–Kier alpha value is -3.57. The number of rotatable bonds is 9. The molecule has 0 aliphatic heterocycles. The number of aromatic nitrogens is 4. The standard InChI is InChI=1S/C21H21FN6O3S/c1-31-18-5-3-2-4-15(18)14-23-19-10-11-20-25-26-21(28(20)27-19)12-13-24-32(29,30)17-8-6-16(22)7-9-17/h2-11,24H,12-14H2,1H3,(H,23,27). The molecule has 0 aliphatic carbocycles. The number of benzene rings is 2. The van der Waals surface area contributed by atoms with Crippen LogP contribution in [0.25, 0.3) is 5.65 Å². The van der Waals surface area contributed by atoms with Gasteiger partial charge in [0.1, 0.15) is 17.4 Å². The molecule has 11 heteroatoms. The predicted molar refractivity (Wildman–Crippen MR) is 116 cm³/mol. The Bertz CT molecular complexity index is 1330. The van der Waals surface area contributed by atoms with Crippen LogP contribution in [0.4, 0.5) is 10.2 Å². The summed E-state index contributed by atoms with van der Waals surface area (Å²) < 4.78 is 47.1. The number of ether oxygens (including phenoxy) is 1. The van der Waals surface area contributed by atoms with Crippen molar-refractivity contribution in [2.75, 3.05) is 19.0 Å². The number of nitrogens with zero attached hydrogens (tertiary/aromatic N) is 4. The van der Waals surface area contributed by atoms with Gasteiger partial charge in [0.2, 0.25) is 10.0 Å². The molecule has 0 saturated carbocycles. The highest BCUT2D eigenvalue weighted by Crippen LogP contribution is 2.18. The van der Waals surface area contributed by atoms with Crippen molar-refractivity contribution in [3.8, 4) is 5.75 Å². The van der Waals surface area contributed by atoms with E-state index < -0.39 is 15.8 Å². The Balaban J connectivity index is 1.43. The van der Waals surface area contributed by atoms with E-state index in [4.69, 9.17) is 4.74 Å². The van der Waals surface area contributed by atoms with Crippen LogP contribution in [-0.4, -0.2) is 41.9 Å². The maximum Gasteiger partial charge on any atom is 0.240 e. The molecule has 0 fully saturated rings. The van der Waals surface area contributed by atoms with Crippen molar-refractivity contribution in [1.82, 2.24) is 24.5 Å². The molecule has 2 N–H and O–H groups in total. The zero-order valence-corrected chi connectivity index (χ0v) is 18.0. The number of anilines is 1. The highest BCUT2D eigenvalue weighted by atomic mass is 32.2. The molecule has 9 nitrogen and oxygen atoms in total. The van der Waals surface area contributed by atoms with Crippen molar-refractivity contribution in [2.45, 2.75) is 17.9 Å². The van der Waals surface area contributed by atoms with Gasteiger partial charge in [-0.3, -0.25) is 0 Å². The summed E-state index contributed by atoms with van der Waals surface area (Å²) in [5, 5.41) is 15.9. The topological polar surface area (TPSA) is 111 Å². The molecule has 0 radical (unpaired) electrons. The normalized spacial score (nSPS) is 11.6. The first-order chi connectivity index (χ1) is 15.5. The first-order valence-corrected chi connectivity index (χ1v) is 11.3. The van der Waals surface area contributed by atoms with Gasteiger partial charge in [0, 0.05) is 25.1 Å². The molecule has 2 aromatic heterocycles. The van der Waals surface area contributed by atoms with Crippen molar-refractivity contribution in [3.63, 3.8) is 0 Å². The Morgan fingerprint density at radius 2 is 1.81 bits per heavy atom. The highest BCUT2D eigenvalue weighted by molar-refractivity contribution is 7.89. The Morgan fingerprint density at radius 1 is 1.03 bits per heavy atom. The maximum absolute atomic E-state index is 13.0. The van der Waals surface area contributed by atoms with Crippen molar-refractivity contribution >= 4 is 21.5 Å². The largest absolute Gasteiger partial charge is 0.496 e. The third kappa shape index (κ3) is 4.84. The van der Waals surface area contributed by atoms with Crippen LogP contribution in [-0.2, 0) is 23.0 Å². The fourth-order valence-corrected chi connectivity index (χ4v) is 4.14. The summed E-state index contributed by atoms with van der Waals surface area (Å²) >= 11 is 0. The second-order valence-electron chi connectivity index (χ2n) is 6.87. The number of methoxy groups -OCH3 is 1. The third-order valence-corrected chi connectivity index (χ3v) is 6.22. The van der Waals surface area contributed by atoms with Crippen LogP contribution < -0.4 is 14.8 Å². The molecular weight excluding hydrogens is 435 g/mol. The number of sulfonamides is 1. The summed E-state index contributed by atoms with van der Waals surface area (Å²) in [5.41, 5.74) is 1.53. The summed E-state index contributed by atoms with van der Waals surface area (Å²) in [5.74, 6) is 1.39. The molecule has 2 heterocycles. The summed E-state index contributed by atoms with van der Waals surface area (Å²) in [6, 6.07) is 15.9. The van der Waals surface area contributed by atoms with Gasteiger partial charge in [-0.05, 0) is 42.5 Å². The van der Waals surface area contributed by atoms with E-state index in [-0.39, 0.29) is 17.9 Å². The van der Waals surface area contributed by atoms with Gasteiger partial charge < -0.3 is 10.1 Å². The van der Waals surface area contributed by atoms with Crippen LogP contribution in [0.3, 0.4) is 0 Å². The van der Waals surface area contributed by atoms with Crippen LogP contribution in [0.1, 0.15) is 11.4 Å². The second kappa shape index (κ2) is 9.28. The van der Waals surface area contributed by atoms with Gasteiger partial charge in [-0.1, -0.05) is 18.2 Å². The third-order valence-electron chi connectivity index (χ3n) is 4.74. The minimum Gasteiger partial charge on any atom is -0.496 e. The first-order valence-electron chi connectivity index (χ1n) is 9.78. The fraction of sp³-hybridized carbons (Fsp3) is 0.190. The lowest BCUT2D eigenvalue weighted by Gasteiger charge is -2.10. The highest BCUT2D eigenvalue weighted by Gasteiger charge is 2.15. The molecule has 0 spiro atoms. The summed E-state index contributed by atoms with van der Waals surface area (Å²) in [4.78, 5) is -0.00838. The molecular formula is C21H21FN6O3S. The molecule has 32 heavy (non-hydrogen) atoms. The maximum atomic E-state index is 13.0. The first kappa shape index (κ1) is 21.7. The van der Waals surface area contributed by atoms with Crippen LogP contribution in [0.5, 0.6) is 5.75 Å². The Labute approximate surface area is 184 Å². The van der Waals surface area contributed by atoms with Crippen LogP contribution in [0.15, 0.2) is 65.6 Å². The van der Waals surface area contributed by atoms with E-state index in [9.17, 15) is 12.8 Å². The SMILES string of the molecule is COc1ccccc1CNc1ccc2nnc(CCNS(=O)(=O)c3ccc(F)cc3)n2n1. The average molecular weight is 457 g/mol. The molecule has 0 amide bonds. The summed E-state index contributed by atoms with van der Waals surface area (Å²) in [6.07, 6.45) is 0.268. The number of fused-ring (bicyclic) bond motifs is 1. The minimum atomic E-state index is -3.76. The molecule has 2 aromatic carbocycles. The lowest BCUT2D eigenvalue weighted by molar-refractivity contribution is 0.410. The summed E-state index contributed by atoms with van der Waals surface area (Å²) in [7, 11) is -2.13. The van der Waals surface area contributed by atoms with Gasteiger partial charge in [-0.2, -0.15) is 4.52 Å². The van der Waals surface area contributed by atoms with Gasteiger partial charge in [0.15, 0.2) is 11.5 Å². The second-order valence-corrected chi connectivity index (χ2v) is 8.64. The van der Waals surface area contributed by atoms with Crippen molar-refractivity contribution in [1.29, 1.82) is 0 Å². The monoisotopic (exact) mass is 456 g/mol. The predicted octanol–water partition coefficient (Wildman–Crippen LogP) is 2.41. The Kier molecular flexibility index (Phi) is 6.28. The molecule has 4 aromatic rings. The van der Waals surface area contributed by atoms with Crippen molar-refractivity contribution < 1.29 is 17.5 Å². The van der Waals surface area contributed by atoms with Crippen molar-refractivity contribution in [2.24, 2.45) is 0 Å². The lowest BCUT2D eigenvalue weighted by atomic mass is 10.2. The molecule has 166 valence electrons. The fourth-order valence-electron chi connectivity index (χ4n) is 3.11. The van der Waals surface area contributed by atoms with E-state index in [0.717, 1.165) is 23.4 Å². The van der Waals surface area contributed by atoms with Crippen LogP contribution in [0, 0.1) is 5.82 Å². The molecule has 0 aliphatic rings. The molecule has 4 rings (SSSR count). The zero-order valence-electron chi connectivity index (χ0n) is 17.2. The quantitative estimate of drug-likeness (QED) is 0.398. The van der Waals surface area contributed by atoms with E-state index in [0.29, 0.717) is 23.8 Å². The molecule has 0 saturated heterocycles. The van der Waals surface area contributed by atoms with Gasteiger partial charge in [0.25, 0.3) is 0 Å². The smallest absolute Gasteiger partial charge is 0.240 e. The van der Waals surface area contributed by atoms with Gasteiger partial charge in [-0.15, -0.1) is 15.3 Å². The molecule has 0 atom stereocenters. The number of para-hydroxylation sites is 1. The van der Waals surface area contributed by atoms with Crippen LogP contribution >= 0.6 is 0 Å². The molecule has 0 unspecified atom stereocenters. The van der Waals surface area contributed by atoms with Gasteiger partial charge >= 0.3 is 0 Å². The Morgan fingerprint density at radius 3 is 2.59 bits per heavy atom. The average Bonchev–Trinajstić information content (AvgIpc) is 3.20. The number of hydrogen-bond donors (Lipinski definition) is 2.